The topological polar surface area (TPSA) is 43.7 Å². The summed E-state index contributed by atoms with van der Waals surface area (Å²) >= 11 is 0. The van der Waals surface area contributed by atoms with Gasteiger partial charge in [0, 0.05) is 19.1 Å². The first-order valence-electron chi connectivity index (χ1n) is 4.04. The van der Waals surface area contributed by atoms with Crippen LogP contribution in [0.3, 0.4) is 0 Å². The first kappa shape index (κ1) is 7.28. The Kier molecular flexibility index (Phi) is 1.71. The summed E-state index contributed by atoms with van der Waals surface area (Å²) in [4.78, 5) is 2.12. The molecule has 11 heavy (non-hydrogen) atoms. The summed E-state index contributed by atoms with van der Waals surface area (Å²) in [5.74, 6) is 0. The van der Waals surface area contributed by atoms with Gasteiger partial charge < -0.3 is 10.2 Å². The van der Waals surface area contributed by atoms with E-state index >= 15 is 0 Å². The molecular weight excluding hydrogens is 142 g/mol. The van der Waals surface area contributed by atoms with Crippen molar-refractivity contribution in [3.05, 3.63) is 12.2 Å². The predicted octanol–water partition coefficient (Wildman–Crippen LogP) is -0.648. The van der Waals surface area contributed by atoms with E-state index in [0.29, 0.717) is 6.54 Å². The Morgan fingerprint density at radius 2 is 2.09 bits per heavy atom. The quantitative estimate of drug-likeness (QED) is 0.457. The van der Waals surface area contributed by atoms with Crippen molar-refractivity contribution in [3.8, 4) is 0 Å². The summed E-state index contributed by atoms with van der Waals surface area (Å²) < 4.78 is 0. The molecule has 0 spiro atoms. The van der Waals surface area contributed by atoms with Gasteiger partial charge in [-0.15, -0.1) is 0 Å². The molecule has 0 aromatic rings. The van der Waals surface area contributed by atoms with Crippen LogP contribution >= 0.6 is 0 Å². The van der Waals surface area contributed by atoms with E-state index in [4.69, 9.17) is 0 Å². The molecule has 0 unspecified atom stereocenters. The third kappa shape index (κ3) is 1.09. The molecule has 62 valence electrons. The fraction of sp³-hybridized carbons (Fsp3) is 0.750. The second-order valence-corrected chi connectivity index (χ2v) is 3.29. The summed E-state index contributed by atoms with van der Waals surface area (Å²) in [7, 11) is 0. The molecule has 0 aromatic heterocycles. The van der Waals surface area contributed by atoms with Crippen LogP contribution in [0.1, 0.15) is 6.42 Å². The van der Waals surface area contributed by atoms with Gasteiger partial charge in [0.15, 0.2) is 0 Å². The predicted molar refractivity (Wildman–Crippen MR) is 41.1 cm³/mol. The molecule has 0 radical (unpaired) electrons. The number of fused-ring (bicyclic) bond motifs is 1. The van der Waals surface area contributed by atoms with Crippen LogP contribution in [0.2, 0.25) is 0 Å². The highest BCUT2D eigenvalue weighted by atomic mass is 16.3. The van der Waals surface area contributed by atoms with Crippen LogP contribution in [0.5, 0.6) is 0 Å². The Balaban J connectivity index is 2.12. The van der Waals surface area contributed by atoms with Crippen molar-refractivity contribution in [1.82, 2.24) is 4.90 Å². The van der Waals surface area contributed by atoms with Crippen LogP contribution in [0.15, 0.2) is 12.2 Å². The molecule has 2 N–H and O–H groups in total. The lowest BCUT2D eigenvalue weighted by molar-refractivity contribution is 0.0380. The molecule has 2 aliphatic rings. The van der Waals surface area contributed by atoms with Gasteiger partial charge in [-0.25, -0.2) is 0 Å². The number of nitrogens with zero attached hydrogens (tertiary/aromatic N) is 1. The minimum Gasteiger partial charge on any atom is -0.389 e. The maximum absolute atomic E-state index is 9.47. The first-order valence-corrected chi connectivity index (χ1v) is 4.04. The van der Waals surface area contributed by atoms with E-state index in [9.17, 15) is 10.2 Å². The molecule has 0 bridgehead atoms. The van der Waals surface area contributed by atoms with Crippen molar-refractivity contribution in [2.45, 2.75) is 24.7 Å². The van der Waals surface area contributed by atoms with E-state index in [1.807, 2.05) is 0 Å². The Bertz CT molecular complexity index is 181. The molecule has 1 saturated heterocycles. The average Bonchev–Trinajstić information content (AvgIpc) is 2.30. The fourth-order valence-electron chi connectivity index (χ4n) is 1.90. The summed E-state index contributed by atoms with van der Waals surface area (Å²) in [6.45, 7) is 1.50. The van der Waals surface area contributed by atoms with Gasteiger partial charge in [0.25, 0.3) is 0 Å². The van der Waals surface area contributed by atoms with Gasteiger partial charge in [0.05, 0.1) is 12.2 Å². The Hall–Kier alpha value is -0.380. The zero-order valence-electron chi connectivity index (χ0n) is 6.35. The van der Waals surface area contributed by atoms with Crippen molar-refractivity contribution in [2.75, 3.05) is 13.1 Å². The minimum atomic E-state index is -0.542. The molecule has 2 aliphatic heterocycles. The van der Waals surface area contributed by atoms with Crippen molar-refractivity contribution >= 4 is 0 Å². The van der Waals surface area contributed by atoms with Crippen molar-refractivity contribution in [1.29, 1.82) is 0 Å². The zero-order valence-corrected chi connectivity index (χ0v) is 6.35. The third-order valence-electron chi connectivity index (χ3n) is 2.56. The summed E-state index contributed by atoms with van der Waals surface area (Å²) in [5.41, 5.74) is 0. The van der Waals surface area contributed by atoms with Gasteiger partial charge in [-0.3, -0.25) is 4.90 Å². The molecule has 0 aromatic carbocycles. The number of aliphatic hydroxyl groups is 2. The Labute approximate surface area is 65.9 Å². The smallest absolute Gasteiger partial charge is 0.0969 e. The van der Waals surface area contributed by atoms with Gasteiger partial charge >= 0.3 is 0 Å². The maximum atomic E-state index is 9.47. The molecule has 0 amide bonds. The van der Waals surface area contributed by atoms with E-state index in [1.54, 1.807) is 0 Å². The number of hydrogen-bond acceptors (Lipinski definition) is 3. The molecule has 0 saturated carbocycles. The van der Waals surface area contributed by atoms with Crippen LogP contribution in [0.4, 0.5) is 0 Å². The summed E-state index contributed by atoms with van der Waals surface area (Å²) in [6, 6.07) is 0.162. The lowest BCUT2D eigenvalue weighted by Crippen LogP contribution is -2.37. The molecule has 1 fully saturated rings. The van der Waals surface area contributed by atoms with Crippen LogP contribution in [0, 0.1) is 0 Å². The molecule has 3 nitrogen and oxygen atoms in total. The van der Waals surface area contributed by atoms with Crippen LogP contribution in [-0.4, -0.2) is 46.5 Å². The highest BCUT2D eigenvalue weighted by Crippen LogP contribution is 2.23. The number of rotatable bonds is 0. The first-order chi connectivity index (χ1) is 5.29. The van der Waals surface area contributed by atoms with Crippen LogP contribution in [0.25, 0.3) is 0 Å². The van der Waals surface area contributed by atoms with E-state index < -0.39 is 12.2 Å². The monoisotopic (exact) mass is 155 g/mol. The van der Waals surface area contributed by atoms with E-state index in [2.05, 4.69) is 17.1 Å². The van der Waals surface area contributed by atoms with E-state index in [0.717, 1.165) is 13.0 Å². The Morgan fingerprint density at radius 1 is 1.27 bits per heavy atom. The molecule has 3 heteroatoms. The fourth-order valence-corrected chi connectivity index (χ4v) is 1.90. The molecule has 3 atom stereocenters. The van der Waals surface area contributed by atoms with Gasteiger partial charge in [-0.05, 0) is 6.42 Å². The van der Waals surface area contributed by atoms with E-state index in [1.165, 1.54) is 0 Å². The largest absolute Gasteiger partial charge is 0.389 e. The zero-order chi connectivity index (χ0) is 7.84. The normalized spacial score (nSPS) is 44.4. The van der Waals surface area contributed by atoms with Crippen molar-refractivity contribution < 1.29 is 10.2 Å². The van der Waals surface area contributed by atoms with Crippen LogP contribution in [-0.2, 0) is 0 Å². The standard InChI is InChI=1S/C8H13NO2/c10-7-5-9-4-2-1-3-6(9)8(7)11/h1-2,6-8,10-11H,3-5H2/t6-,7+,8+/m1/s1. The molecule has 0 aliphatic carbocycles. The second-order valence-electron chi connectivity index (χ2n) is 3.29. The average molecular weight is 155 g/mol. The van der Waals surface area contributed by atoms with E-state index in [-0.39, 0.29) is 6.04 Å². The Morgan fingerprint density at radius 3 is 2.82 bits per heavy atom. The highest BCUT2D eigenvalue weighted by Gasteiger charge is 2.39. The minimum absolute atomic E-state index is 0.162. The number of aliphatic hydroxyl groups excluding tert-OH is 2. The SMILES string of the molecule is O[C@H]1[C@H]2CC=CCN2C[C@@H]1O. The van der Waals surface area contributed by atoms with Gasteiger partial charge in [-0.1, -0.05) is 12.2 Å². The molecular formula is C8H13NO2. The van der Waals surface area contributed by atoms with Gasteiger partial charge in [-0.2, -0.15) is 0 Å². The summed E-state index contributed by atoms with van der Waals surface area (Å²) in [6.07, 6.45) is 3.95. The van der Waals surface area contributed by atoms with Gasteiger partial charge in [0.1, 0.15) is 0 Å². The second kappa shape index (κ2) is 2.59. The molecule has 2 heterocycles. The van der Waals surface area contributed by atoms with Crippen molar-refractivity contribution in [3.63, 3.8) is 0 Å². The van der Waals surface area contributed by atoms with Gasteiger partial charge in [0.2, 0.25) is 0 Å². The highest BCUT2D eigenvalue weighted by molar-refractivity contribution is 5.04. The number of hydrogen-bond donors (Lipinski definition) is 2. The van der Waals surface area contributed by atoms with Crippen LogP contribution < -0.4 is 0 Å². The third-order valence-corrected chi connectivity index (χ3v) is 2.56. The summed E-state index contributed by atoms with van der Waals surface area (Å²) in [5, 5.41) is 18.8. The molecule has 2 rings (SSSR count). The lowest BCUT2D eigenvalue weighted by Gasteiger charge is -2.26. The lowest BCUT2D eigenvalue weighted by atomic mass is 10.1. The maximum Gasteiger partial charge on any atom is 0.0969 e. The van der Waals surface area contributed by atoms with Crippen molar-refractivity contribution in [2.24, 2.45) is 0 Å².